The van der Waals surface area contributed by atoms with Crippen LogP contribution in [0, 0.1) is 0 Å². The molecule has 0 spiro atoms. The smallest absolute Gasteiger partial charge is 0.106 e. The van der Waals surface area contributed by atoms with E-state index in [-0.39, 0.29) is 12.1 Å². The van der Waals surface area contributed by atoms with Gasteiger partial charge in [-0.25, -0.2) is 4.98 Å². The number of rotatable bonds is 4. The Kier molecular flexibility index (Phi) is 4.54. The highest BCUT2D eigenvalue weighted by Gasteiger charge is 2.30. The number of halogens is 1. The molecule has 2 rings (SSSR count). The second-order valence-electron chi connectivity index (χ2n) is 4.80. The molecule has 2 N–H and O–H groups in total. The average molecular weight is 299 g/mol. The van der Waals surface area contributed by atoms with Gasteiger partial charge in [0.2, 0.25) is 0 Å². The largest absolute Gasteiger partial charge is 0.394 e. The summed E-state index contributed by atoms with van der Waals surface area (Å²) in [6.07, 6.45) is 5.84. The summed E-state index contributed by atoms with van der Waals surface area (Å²) in [7, 11) is 0. The first-order chi connectivity index (χ1) is 8.24. The van der Waals surface area contributed by atoms with Crippen molar-refractivity contribution in [1.82, 2.24) is 10.3 Å². The van der Waals surface area contributed by atoms with E-state index in [1.807, 2.05) is 18.2 Å². The Morgan fingerprint density at radius 2 is 2.06 bits per heavy atom. The SMILES string of the molecule is OCC1(NCc2cccc(Br)n2)CCCCC1. The molecule has 1 heterocycles. The van der Waals surface area contributed by atoms with Crippen molar-refractivity contribution in [3.05, 3.63) is 28.5 Å². The highest BCUT2D eigenvalue weighted by molar-refractivity contribution is 9.10. The number of aliphatic hydroxyl groups excluding tert-OH is 1. The molecule has 0 bridgehead atoms. The van der Waals surface area contributed by atoms with Gasteiger partial charge in [0.25, 0.3) is 0 Å². The van der Waals surface area contributed by atoms with Crippen LogP contribution >= 0.6 is 15.9 Å². The van der Waals surface area contributed by atoms with Gasteiger partial charge in [-0.05, 0) is 40.9 Å². The lowest BCUT2D eigenvalue weighted by atomic mass is 9.82. The minimum Gasteiger partial charge on any atom is -0.394 e. The molecule has 94 valence electrons. The van der Waals surface area contributed by atoms with E-state index >= 15 is 0 Å². The molecule has 0 atom stereocenters. The van der Waals surface area contributed by atoms with Gasteiger partial charge in [0.05, 0.1) is 12.3 Å². The Bertz CT molecular complexity index is 364. The van der Waals surface area contributed by atoms with E-state index in [1.165, 1.54) is 19.3 Å². The molecule has 1 saturated carbocycles. The lowest BCUT2D eigenvalue weighted by Gasteiger charge is -2.36. The van der Waals surface area contributed by atoms with Crippen molar-refractivity contribution in [3.8, 4) is 0 Å². The number of nitrogens with one attached hydrogen (secondary N) is 1. The second-order valence-corrected chi connectivity index (χ2v) is 5.62. The van der Waals surface area contributed by atoms with Gasteiger partial charge < -0.3 is 10.4 Å². The Morgan fingerprint density at radius 1 is 1.29 bits per heavy atom. The maximum absolute atomic E-state index is 9.58. The van der Waals surface area contributed by atoms with Crippen LogP contribution in [0.15, 0.2) is 22.8 Å². The lowest BCUT2D eigenvalue weighted by molar-refractivity contribution is 0.119. The lowest BCUT2D eigenvalue weighted by Crippen LogP contribution is -2.49. The quantitative estimate of drug-likeness (QED) is 0.840. The molecule has 1 fully saturated rings. The average Bonchev–Trinajstić information content (AvgIpc) is 2.38. The van der Waals surface area contributed by atoms with E-state index < -0.39 is 0 Å². The predicted molar refractivity (Wildman–Crippen MR) is 71.7 cm³/mol. The van der Waals surface area contributed by atoms with Gasteiger partial charge in [-0.2, -0.15) is 0 Å². The van der Waals surface area contributed by atoms with Gasteiger partial charge in [0.1, 0.15) is 4.60 Å². The summed E-state index contributed by atoms with van der Waals surface area (Å²) in [6.45, 7) is 0.945. The molecule has 0 saturated heterocycles. The first-order valence-corrected chi connectivity index (χ1v) is 7.01. The molecular formula is C13H19BrN2O. The van der Waals surface area contributed by atoms with E-state index in [9.17, 15) is 5.11 Å². The minimum atomic E-state index is -0.0811. The van der Waals surface area contributed by atoms with Crippen molar-refractivity contribution < 1.29 is 5.11 Å². The van der Waals surface area contributed by atoms with Crippen LogP contribution in [0.4, 0.5) is 0 Å². The second kappa shape index (κ2) is 5.94. The highest BCUT2D eigenvalue weighted by Crippen LogP contribution is 2.28. The van der Waals surface area contributed by atoms with E-state index in [4.69, 9.17) is 0 Å². The minimum absolute atomic E-state index is 0.0811. The summed E-state index contributed by atoms with van der Waals surface area (Å²) in [5.74, 6) is 0. The van der Waals surface area contributed by atoms with Crippen LogP contribution in [-0.4, -0.2) is 22.2 Å². The monoisotopic (exact) mass is 298 g/mol. The third-order valence-corrected chi connectivity index (χ3v) is 3.97. The van der Waals surface area contributed by atoms with Crippen LogP contribution in [0.25, 0.3) is 0 Å². The molecule has 0 aliphatic heterocycles. The van der Waals surface area contributed by atoms with Crippen molar-refractivity contribution in [1.29, 1.82) is 0 Å². The van der Waals surface area contributed by atoms with Crippen molar-refractivity contribution >= 4 is 15.9 Å². The molecule has 0 unspecified atom stereocenters. The third kappa shape index (κ3) is 3.50. The van der Waals surface area contributed by atoms with Gasteiger partial charge in [-0.15, -0.1) is 0 Å². The van der Waals surface area contributed by atoms with E-state index in [1.54, 1.807) is 0 Å². The molecule has 1 aliphatic rings. The summed E-state index contributed by atoms with van der Waals surface area (Å²) in [5.41, 5.74) is 0.931. The van der Waals surface area contributed by atoms with Gasteiger partial charge in [-0.3, -0.25) is 0 Å². The van der Waals surface area contributed by atoms with Crippen LogP contribution in [0.2, 0.25) is 0 Å². The fraction of sp³-hybridized carbons (Fsp3) is 0.615. The van der Waals surface area contributed by atoms with Crippen LogP contribution in [0.3, 0.4) is 0 Å². The molecule has 0 amide bonds. The van der Waals surface area contributed by atoms with Gasteiger partial charge in [0.15, 0.2) is 0 Å². The molecule has 1 aromatic heterocycles. The first kappa shape index (κ1) is 13.0. The molecule has 3 nitrogen and oxygen atoms in total. The van der Waals surface area contributed by atoms with Gasteiger partial charge in [-0.1, -0.05) is 25.3 Å². The molecule has 17 heavy (non-hydrogen) atoms. The van der Waals surface area contributed by atoms with Crippen LogP contribution in [0.5, 0.6) is 0 Å². The maximum Gasteiger partial charge on any atom is 0.106 e. The summed E-state index contributed by atoms with van der Waals surface area (Å²) in [6, 6.07) is 5.91. The maximum atomic E-state index is 9.58. The summed E-state index contributed by atoms with van der Waals surface area (Å²) in [5, 5.41) is 13.1. The number of hydrogen-bond acceptors (Lipinski definition) is 3. The zero-order chi connectivity index (χ0) is 12.1. The number of aromatic nitrogens is 1. The standard InChI is InChI=1S/C13H19BrN2O/c14-12-6-4-5-11(16-12)9-15-13(10-17)7-2-1-3-8-13/h4-6,15,17H,1-3,7-10H2. The fourth-order valence-electron chi connectivity index (χ4n) is 2.45. The number of nitrogens with zero attached hydrogens (tertiary/aromatic N) is 1. The Balaban J connectivity index is 1.95. The molecular weight excluding hydrogens is 280 g/mol. The van der Waals surface area contributed by atoms with Crippen molar-refractivity contribution in [2.75, 3.05) is 6.61 Å². The Hall–Kier alpha value is -0.450. The number of aliphatic hydroxyl groups is 1. The molecule has 1 aromatic rings. The van der Waals surface area contributed by atoms with E-state index in [0.29, 0.717) is 0 Å². The third-order valence-electron chi connectivity index (χ3n) is 3.53. The molecule has 4 heteroatoms. The van der Waals surface area contributed by atoms with Gasteiger partial charge in [0, 0.05) is 12.1 Å². The number of pyridine rings is 1. The van der Waals surface area contributed by atoms with Crippen LogP contribution < -0.4 is 5.32 Å². The van der Waals surface area contributed by atoms with Crippen molar-refractivity contribution in [2.45, 2.75) is 44.2 Å². The molecule has 0 radical (unpaired) electrons. The normalized spacial score (nSPS) is 19.2. The number of hydrogen-bond donors (Lipinski definition) is 2. The topological polar surface area (TPSA) is 45.1 Å². The predicted octanol–water partition coefficient (Wildman–Crippen LogP) is 2.63. The summed E-state index contributed by atoms with van der Waals surface area (Å²) < 4.78 is 0.860. The van der Waals surface area contributed by atoms with Crippen LogP contribution in [0.1, 0.15) is 37.8 Å². The highest BCUT2D eigenvalue weighted by atomic mass is 79.9. The van der Waals surface area contributed by atoms with Gasteiger partial charge >= 0.3 is 0 Å². The van der Waals surface area contributed by atoms with E-state index in [2.05, 4.69) is 26.2 Å². The zero-order valence-corrected chi connectivity index (χ0v) is 11.5. The summed E-state index contributed by atoms with van der Waals surface area (Å²) >= 11 is 3.37. The zero-order valence-electron chi connectivity index (χ0n) is 9.95. The first-order valence-electron chi connectivity index (χ1n) is 6.21. The van der Waals surface area contributed by atoms with Crippen molar-refractivity contribution in [3.63, 3.8) is 0 Å². The Morgan fingerprint density at radius 3 is 2.71 bits per heavy atom. The van der Waals surface area contributed by atoms with Crippen molar-refractivity contribution in [2.24, 2.45) is 0 Å². The van der Waals surface area contributed by atoms with Crippen LogP contribution in [-0.2, 0) is 6.54 Å². The summed E-state index contributed by atoms with van der Waals surface area (Å²) in [4.78, 5) is 4.40. The Labute approximate surface area is 111 Å². The van der Waals surface area contributed by atoms with E-state index in [0.717, 1.165) is 29.7 Å². The molecule has 0 aromatic carbocycles. The fourth-order valence-corrected chi connectivity index (χ4v) is 2.83. The molecule has 1 aliphatic carbocycles.